The van der Waals surface area contributed by atoms with Gasteiger partial charge in [0.05, 0.1) is 0 Å². The predicted octanol–water partition coefficient (Wildman–Crippen LogP) is 3.00. The number of piperidine rings is 1. The molecule has 3 heterocycles. The lowest BCUT2D eigenvalue weighted by Crippen LogP contribution is -2.39. The predicted molar refractivity (Wildman–Crippen MR) is 94.0 cm³/mol. The van der Waals surface area contributed by atoms with E-state index in [0.717, 1.165) is 32.4 Å². The molecule has 3 rings (SSSR count). The van der Waals surface area contributed by atoms with Crippen molar-refractivity contribution < 1.29 is 9.21 Å². The Kier molecular flexibility index (Phi) is 5.79. The van der Waals surface area contributed by atoms with Gasteiger partial charge >= 0.3 is 0 Å². The third-order valence-corrected chi connectivity index (χ3v) is 4.74. The van der Waals surface area contributed by atoms with E-state index in [1.54, 1.807) is 6.20 Å². The molecule has 0 spiro atoms. The van der Waals surface area contributed by atoms with Gasteiger partial charge in [0.25, 0.3) is 0 Å². The van der Waals surface area contributed by atoms with Crippen LogP contribution in [0.3, 0.4) is 0 Å². The van der Waals surface area contributed by atoms with E-state index in [0.29, 0.717) is 30.5 Å². The summed E-state index contributed by atoms with van der Waals surface area (Å²) in [5.74, 6) is 2.24. The van der Waals surface area contributed by atoms with E-state index in [1.165, 1.54) is 5.56 Å². The van der Waals surface area contributed by atoms with Crippen molar-refractivity contribution in [1.29, 1.82) is 0 Å². The second-order valence-corrected chi connectivity index (χ2v) is 7.08. The Morgan fingerprint density at radius 1 is 1.32 bits per heavy atom. The van der Waals surface area contributed by atoms with E-state index in [1.807, 2.05) is 31.0 Å². The Hall–Kier alpha value is -2.24. The standard InChI is InChI=1S/C19H26N4O2/c1-14(2)19-22-21-17(25-19)5-6-18(24)23-10-7-15(8-11-23)12-16-4-3-9-20-13-16/h3-4,9,13-15H,5-8,10-12H2,1-2H3. The molecule has 0 aliphatic carbocycles. The number of carbonyl (C=O) groups is 1. The van der Waals surface area contributed by atoms with E-state index in [-0.39, 0.29) is 11.8 Å². The highest BCUT2D eigenvalue weighted by Gasteiger charge is 2.23. The zero-order valence-electron chi connectivity index (χ0n) is 15.0. The lowest BCUT2D eigenvalue weighted by molar-refractivity contribution is -0.132. The zero-order chi connectivity index (χ0) is 17.6. The van der Waals surface area contributed by atoms with Gasteiger partial charge in [0, 0.05) is 44.2 Å². The lowest BCUT2D eigenvalue weighted by atomic mass is 9.90. The summed E-state index contributed by atoms with van der Waals surface area (Å²) in [5.41, 5.74) is 1.28. The van der Waals surface area contributed by atoms with Crippen LogP contribution in [0.5, 0.6) is 0 Å². The number of likely N-dealkylation sites (tertiary alicyclic amines) is 1. The molecule has 0 saturated carbocycles. The van der Waals surface area contributed by atoms with Crippen molar-refractivity contribution in [2.45, 2.75) is 51.9 Å². The molecule has 134 valence electrons. The number of amides is 1. The van der Waals surface area contributed by atoms with E-state index < -0.39 is 0 Å². The van der Waals surface area contributed by atoms with E-state index >= 15 is 0 Å². The van der Waals surface area contributed by atoms with Gasteiger partial charge in [-0.2, -0.15) is 0 Å². The summed E-state index contributed by atoms with van der Waals surface area (Å²) in [4.78, 5) is 18.5. The van der Waals surface area contributed by atoms with Gasteiger partial charge in [-0.1, -0.05) is 19.9 Å². The highest BCUT2D eigenvalue weighted by molar-refractivity contribution is 5.76. The number of carbonyl (C=O) groups excluding carboxylic acids is 1. The fourth-order valence-electron chi connectivity index (χ4n) is 3.21. The minimum atomic E-state index is 0.184. The lowest BCUT2D eigenvalue weighted by Gasteiger charge is -2.32. The van der Waals surface area contributed by atoms with E-state index in [2.05, 4.69) is 21.2 Å². The first-order valence-electron chi connectivity index (χ1n) is 9.10. The van der Waals surface area contributed by atoms with Gasteiger partial charge in [0.2, 0.25) is 17.7 Å². The number of nitrogens with zero attached hydrogens (tertiary/aromatic N) is 4. The maximum absolute atomic E-state index is 12.4. The van der Waals surface area contributed by atoms with Gasteiger partial charge in [0.1, 0.15) is 0 Å². The molecule has 0 aromatic carbocycles. The quantitative estimate of drug-likeness (QED) is 0.807. The maximum Gasteiger partial charge on any atom is 0.223 e. The van der Waals surface area contributed by atoms with Crippen molar-refractivity contribution in [3.63, 3.8) is 0 Å². The number of rotatable bonds is 6. The van der Waals surface area contributed by atoms with Crippen molar-refractivity contribution in [3.8, 4) is 0 Å². The Bertz CT molecular complexity index is 676. The molecule has 0 atom stereocenters. The van der Waals surface area contributed by atoms with Crippen LogP contribution in [0.15, 0.2) is 28.9 Å². The molecule has 1 aliphatic heterocycles. The molecule has 25 heavy (non-hydrogen) atoms. The van der Waals surface area contributed by atoms with Crippen molar-refractivity contribution in [3.05, 3.63) is 41.9 Å². The van der Waals surface area contributed by atoms with Gasteiger partial charge in [-0.25, -0.2) is 0 Å². The second kappa shape index (κ2) is 8.23. The van der Waals surface area contributed by atoms with Crippen LogP contribution in [0.2, 0.25) is 0 Å². The van der Waals surface area contributed by atoms with Crippen LogP contribution < -0.4 is 0 Å². The summed E-state index contributed by atoms with van der Waals surface area (Å²) < 4.78 is 5.57. The molecule has 1 saturated heterocycles. The summed E-state index contributed by atoms with van der Waals surface area (Å²) in [6, 6.07) is 4.11. The first kappa shape index (κ1) is 17.6. The molecule has 6 heteroatoms. The van der Waals surface area contributed by atoms with Crippen molar-refractivity contribution in [1.82, 2.24) is 20.1 Å². The number of pyridine rings is 1. The normalized spacial score (nSPS) is 15.7. The number of aromatic nitrogens is 3. The number of hydrogen-bond acceptors (Lipinski definition) is 5. The average molecular weight is 342 g/mol. The average Bonchev–Trinajstić information content (AvgIpc) is 3.11. The SMILES string of the molecule is CC(C)c1nnc(CCC(=O)N2CCC(Cc3cccnc3)CC2)o1. The van der Waals surface area contributed by atoms with Crippen LogP contribution in [0.1, 0.15) is 56.4 Å². The van der Waals surface area contributed by atoms with Crippen LogP contribution in [0.25, 0.3) is 0 Å². The summed E-state index contributed by atoms with van der Waals surface area (Å²) in [5, 5.41) is 8.03. The maximum atomic E-state index is 12.4. The largest absolute Gasteiger partial charge is 0.425 e. The highest BCUT2D eigenvalue weighted by Crippen LogP contribution is 2.22. The Morgan fingerprint density at radius 2 is 2.12 bits per heavy atom. The summed E-state index contributed by atoms with van der Waals surface area (Å²) in [6.45, 7) is 5.70. The third kappa shape index (κ3) is 4.87. The van der Waals surface area contributed by atoms with Crippen LogP contribution in [0.4, 0.5) is 0 Å². The molecule has 1 amide bonds. The Labute approximate surface area is 148 Å². The van der Waals surface area contributed by atoms with Crippen molar-refractivity contribution >= 4 is 5.91 Å². The molecule has 6 nitrogen and oxygen atoms in total. The fraction of sp³-hybridized carbons (Fsp3) is 0.579. The van der Waals surface area contributed by atoms with Gasteiger partial charge in [-0.15, -0.1) is 10.2 Å². The molecule has 2 aromatic rings. The van der Waals surface area contributed by atoms with Gasteiger partial charge in [-0.05, 0) is 36.8 Å². The van der Waals surface area contributed by atoms with E-state index in [9.17, 15) is 4.79 Å². The molecule has 0 bridgehead atoms. The highest BCUT2D eigenvalue weighted by atomic mass is 16.4. The molecule has 1 aliphatic rings. The second-order valence-electron chi connectivity index (χ2n) is 7.08. The molecule has 0 N–H and O–H groups in total. The van der Waals surface area contributed by atoms with Crippen LogP contribution >= 0.6 is 0 Å². The number of aryl methyl sites for hydroxylation is 1. The van der Waals surface area contributed by atoms with Crippen LogP contribution in [-0.4, -0.2) is 39.1 Å². The summed E-state index contributed by atoms with van der Waals surface area (Å²) >= 11 is 0. The van der Waals surface area contributed by atoms with Gasteiger partial charge in [0.15, 0.2) is 0 Å². The van der Waals surface area contributed by atoms with E-state index in [4.69, 9.17) is 4.42 Å². The van der Waals surface area contributed by atoms with Gasteiger partial charge < -0.3 is 9.32 Å². The molecular formula is C19H26N4O2. The third-order valence-electron chi connectivity index (χ3n) is 4.74. The smallest absolute Gasteiger partial charge is 0.223 e. The van der Waals surface area contributed by atoms with Crippen molar-refractivity contribution in [2.75, 3.05) is 13.1 Å². The molecular weight excluding hydrogens is 316 g/mol. The molecule has 1 fully saturated rings. The van der Waals surface area contributed by atoms with Crippen LogP contribution in [0, 0.1) is 5.92 Å². The fourth-order valence-corrected chi connectivity index (χ4v) is 3.21. The molecule has 2 aromatic heterocycles. The zero-order valence-corrected chi connectivity index (χ0v) is 15.0. The first-order valence-corrected chi connectivity index (χ1v) is 9.10. The minimum absolute atomic E-state index is 0.184. The Morgan fingerprint density at radius 3 is 2.76 bits per heavy atom. The molecule has 0 radical (unpaired) electrons. The summed E-state index contributed by atoms with van der Waals surface area (Å²) in [7, 11) is 0. The van der Waals surface area contributed by atoms with Gasteiger partial charge in [-0.3, -0.25) is 9.78 Å². The topological polar surface area (TPSA) is 72.1 Å². The first-order chi connectivity index (χ1) is 12.1. The summed E-state index contributed by atoms with van der Waals surface area (Å²) in [6.07, 6.45) is 7.86. The van der Waals surface area contributed by atoms with Crippen molar-refractivity contribution in [2.24, 2.45) is 5.92 Å². The number of hydrogen-bond donors (Lipinski definition) is 0. The molecule has 0 unspecified atom stereocenters. The minimum Gasteiger partial charge on any atom is -0.425 e. The monoisotopic (exact) mass is 342 g/mol. The Balaban J connectivity index is 1.42. The van der Waals surface area contributed by atoms with Crippen LogP contribution in [-0.2, 0) is 17.6 Å².